The zero-order chi connectivity index (χ0) is 16.0. The molecule has 2 N–H and O–H groups in total. The van der Waals surface area contributed by atoms with Crippen LogP contribution in [0.2, 0.25) is 10.0 Å². The average molecular weight is 334 g/mol. The van der Waals surface area contributed by atoms with E-state index in [1.807, 2.05) is 0 Å². The molecule has 7 heteroatoms. The summed E-state index contributed by atoms with van der Waals surface area (Å²) < 4.78 is 5.26. The van der Waals surface area contributed by atoms with Gasteiger partial charge in [0.1, 0.15) is 5.75 Å². The van der Waals surface area contributed by atoms with Gasteiger partial charge in [-0.25, -0.2) is 0 Å². The third kappa shape index (κ3) is 5.81. The lowest BCUT2D eigenvalue weighted by Gasteiger charge is -2.18. The van der Waals surface area contributed by atoms with Crippen LogP contribution in [0, 0.1) is 5.41 Å². The predicted octanol–water partition coefficient (Wildman–Crippen LogP) is 2.99. The molecule has 0 radical (unpaired) electrons. The van der Waals surface area contributed by atoms with Gasteiger partial charge in [-0.3, -0.25) is 9.59 Å². The Bertz CT molecular complexity index is 532. The van der Waals surface area contributed by atoms with Crippen molar-refractivity contribution in [2.24, 2.45) is 5.41 Å². The Morgan fingerprint density at radius 2 is 2.00 bits per heavy atom. The Balaban J connectivity index is 2.36. The largest absolute Gasteiger partial charge is 0.482 e. The third-order valence-corrected chi connectivity index (χ3v) is 3.43. The highest BCUT2D eigenvalue weighted by Crippen LogP contribution is 2.27. The molecule has 0 aromatic heterocycles. The van der Waals surface area contributed by atoms with E-state index in [4.69, 9.17) is 33.0 Å². The molecule has 0 aliphatic heterocycles. The van der Waals surface area contributed by atoms with E-state index >= 15 is 0 Å². The first-order valence-corrected chi connectivity index (χ1v) is 7.06. The standard InChI is InChI=1S/C14H17Cl2NO4/c1-14(2,13(19)20)5-6-17-12(18)8-21-11-4-3-9(15)7-10(11)16/h3-4,7H,5-6,8H2,1-2H3,(H,17,18)(H,19,20). The maximum Gasteiger partial charge on any atom is 0.309 e. The predicted molar refractivity (Wildman–Crippen MR) is 81.0 cm³/mol. The van der Waals surface area contributed by atoms with E-state index in [0.29, 0.717) is 22.2 Å². The molecule has 0 spiro atoms. The molecule has 0 saturated heterocycles. The summed E-state index contributed by atoms with van der Waals surface area (Å²) in [6, 6.07) is 4.70. The summed E-state index contributed by atoms with van der Waals surface area (Å²) in [5.74, 6) is -0.884. The second-order valence-electron chi connectivity index (χ2n) is 5.15. The first kappa shape index (κ1) is 17.6. The van der Waals surface area contributed by atoms with Crippen molar-refractivity contribution in [2.75, 3.05) is 13.2 Å². The first-order valence-electron chi connectivity index (χ1n) is 6.30. The van der Waals surface area contributed by atoms with Crippen molar-refractivity contribution in [2.45, 2.75) is 20.3 Å². The van der Waals surface area contributed by atoms with Crippen LogP contribution in [0.5, 0.6) is 5.75 Å². The van der Waals surface area contributed by atoms with Crippen molar-refractivity contribution >= 4 is 35.1 Å². The summed E-state index contributed by atoms with van der Waals surface area (Å²) in [7, 11) is 0. The van der Waals surface area contributed by atoms with Gasteiger partial charge in [-0.05, 0) is 38.5 Å². The van der Waals surface area contributed by atoms with Gasteiger partial charge in [0.25, 0.3) is 5.91 Å². The molecule has 116 valence electrons. The minimum absolute atomic E-state index is 0.200. The monoisotopic (exact) mass is 333 g/mol. The number of hydrogen-bond donors (Lipinski definition) is 2. The Morgan fingerprint density at radius 3 is 2.57 bits per heavy atom. The van der Waals surface area contributed by atoms with Crippen LogP contribution in [0.25, 0.3) is 0 Å². The van der Waals surface area contributed by atoms with E-state index in [9.17, 15) is 9.59 Å². The summed E-state index contributed by atoms with van der Waals surface area (Å²) >= 11 is 11.7. The number of carboxylic acids is 1. The molecule has 0 fully saturated rings. The number of carboxylic acid groups (broad SMARTS) is 1. The van der Waals surface area contributed by atoms with Crippen LogP contribution in [0.1, 0.15) is 20.3 Å². The molecule has 0 saturated carbocycles. The second-order valence-corrected chi connectivity index (χ2v) is 6.00. The van der Waals surface area contributed by atoms with E-state index < -0.39 is 11.4 Å². The van der Waals surface area contributed by atoms with E-state index in [1.54, 1.807) is 26.0 Å². The zero-order valence-corrected chi connectivity index (χ0v) is 13.3. The average Bonchev–Trinajstić information content (AvgIpc) is 2.37. The molecule has 0 atom stereocenters. The third-order valence-electron chi connectivity index (χ3n) is 2.90. The number of halogens is 2. The fourth-order valence-corrected chi connectivity index (χ4v) is 1.87. The van der Waals surface area contributed by atoms with Crippen LogP contribution in [-0.2, 0) is 9.59 Å². The van der Waals surface area contributed by atoms with Crippen LogP contribution in [0.3, 0.4) is 0 Å². The maximum absolute atomic E-state index is 11.6. The lowest BCUT2D eigenvalue weighted by atomic mass is 9.90. The van der Waals surface area contributed by atoms with Gasteiger partial charge in [0.05, 0.1) is 10.4 Å². The van der Waals surface area contributed by atoms with Crippen LogP contribution >= 0.6 is 23.2 Å². The van der Waals surface area contributed by atoms with Crippen LogP contribution in [-0.4, -0.2) is 30.1 Å². The van der Waals surface area contributed by atoms with Gasteiger partial charge in [-0.15, -0.1) is 0 Å². The summed E-state index contributed by atoms with van der Waals surface area (Å²) in [5.41, 5.74) is -0.881. The fraction of sp³-hybridized carbons (Fsp3) is 0.429. The number of rotatable bonds is 7. The molecule has 0 aliphatic carbocycles. The number of amides is 1. The lowest BCUT2D eigenvalue weighted by molar-refractivity contribution is -0.147. The van der Waals surface area contributed by atoms with E-state index in [0.717, 1.165) is 0 Å². The lowest BCUT2D eigenvalue weighted by Crippen LogP contribution is -2.34. The molecule has 0 unspecified atom stereocenters. The minimum atomic E-state index is -0.902. The molecule has 0 bridgehead atoms. The van der Waals surface area contributed by atoms with Gasteiger partial charge in [0, 0.05) is 11.6 Å². The van der Waals surface area contributed by atoms with Crippen molar-refractivity contribution in [1.29, 1.82) is 0 Å². The van der Waals surface area contributed by atoms with E-state index in [1.165, 1.54) is 6.07 Å². The first-order chi connectivity index (χ1) is 9.72. The van der Waals surface area contributed by atoms with Gasteiger partial charge in [0.2, 0.25) is 0 Å². The van der Waals surface area contributed by atoms with Crippen LogP contribution in [0.15, 0.2) is 18.2 Å². The highest BCUT2D eigenvalue weighted by molar-refractivity contribution is 6.35. The normalized spacial score (nSPS) is 11.0. The Morgan fingerprint density at radius 1 is 1.33 bits per heavy atom. The van der Waals surface area contributed by atoms with Crippen molar-refractivity contribution < 1.29 is 19.4 Å². The van der Waals surface area contributed by atoms with Crippen LogP contribution in [0.4, 0.5) is 0 Å². The highest BCUT2D eigenvalue weighted by Gasteiger charge is 2.26. The number of hydrogen-bond acceptors (Lipinski definition) is 3. The number of aliphatic carboxylic acids is 1. The summed E-state index contributed by atoms with van der Waals surface area (Å²) in [6.45, 7) is 3.27. The number of nitrogens with one attached hydrogen (secondary N) is 1. The smallest absolute Gasteiger partial charge is 0.309 e. The van der Waals surface area contributed by atoms with Crippen LogP contribution < -0.4 is 10.1 Å². The molecule has 1 amide bonds. The molecule has 5 nitrogen and oxygen atoms in total. The summed E-state index contributed by atoms with van der Waals surface area (Å²) in [6.07, 6.45) is 0.329. The number of ether oxygens (including phenoxy) is 1. The van der Waals surface area contributed by atoms with Gasteiger partial charge in [-0.1, -0.05) is 23.2 Å². The fourth-order valence-electron chi connectivity index (χ4n) is 1.41. The molecule has 0 aliphatic rings. The Labute approximate surface area is 133 Å². The summed E-state index contributed by atoms with van der Waals surface area (Å²) in [4.78, 5) is 22.5. The van der Waals surface area contributed by atoms with Crippen molar-refractivity contribution in [3.05, 3.63) is 28.2 Å². The zero-order valence-electron chi connectivity index (χ0n) is 11.8. The van der Waals surface area contributed by atoms with Crippen molar-refractivity contribution in [3.63, 3.8) is 0 Å². The van der Waals surface area contributed by atoms with Gasteiger partial charge >= 0.3 is 5.97 Å². The molecule has 1 aromatic rings. The molecular formula is C14H17Cl2NO4. The number of benzene rings is 1. The quantitative estimate of drug-likeness (QED) is 0.804. The van der Waals surface area contributed by atoms with Gasteiger partial charge in [-0.2, -0.15) is 0 Å². The molecule has 21 heavy (non-hydrogen) atoms. The number of carbonyl (C=O) groups is 2. The van der Waals surface area contributed by atoms with E-state index in [-0.39, 0.29) is 19.1 Å². The maximum atomic E-state index is 11.6. The Kier molecular flexibility index (Phi) is 6.30. The topological polar surface area (TPSA) is 75.6 Å². The van der Waals surface area contributed by atoms with Gasteiger partial charge in [0.15, 0.2) is 6.61 Å². The SMILES string of the molecule is CC(C)(CCNC(=O)COc1ccc(Cl)cc1Cl)C(=O)O. The van der Waals surface area contributed by atoms with Crippen molar-refractivity contribution in [3.8, 4) is 5.75 Å². The van der Waals surface area contributed by atoms with Crippen molar-refractivity contribution in [1.82, 2.24) is 5.32 Å². The number of carbonyl (C=O) groups excluding carboxylic acids is 1. The van der Waals surface area contributed by atoms with E-state index in [2.05, 4.69) is 5.32 Å². The molecule has 0 heterocycles. The molecule has 1 aromatic carbocycles. The molecule has 1 rings (SSSR count). The highest BCUT2D eigenvalue weighted by atomic mass is 35.5. The summed E-state index contributed by atoms with van der Waals surface area (Å²) in [5, 5.41) is 12.3. The molecular weight excluding hydrogens is 317 g/mol. The second kappa shape index (κ2) is 7.52. The Hall–Kier alpha value is -1.46. The van der Waals surface area contributed by atoms with Gasteiger partial charge < -0.3 is 15.2 Å². The minimum Gasteiger partial charge on any atom is -0.482 e.